The van der Waals surface area contributed by atoms with Crippen LogP contribution in [-0.2, 0) is 0 Å². The summed E-state index contributed by atoms with van der Waals surface area (Å²) in [5.74, 6) is 0.643. The highest BCUT2D eigenvalue weighted by atomic mass is 14.9. The molecule has 4 rings (SSSR count). The predicted octanol–water partition coefficient (Wildman–Crippen LogP) is 5.18. The van der Waals surface area contributed by atoms with Gasteiger partial charge < -0.3 is 0 Å². The summed E-state index contributed by atoms with van der Waals surface area (Å²) in [6.45, 7) is 1.97. The van der Waals surface area contributed by atoms with E-state index >= 15 is 0 Å². The number of benzene rings is 2. The van der Waals surface area contributed by atoms with Gasteiger partial charge in [-0.2, -0.15) is 0 Å². The van der Waals surface area contributed by atoms with Crippen molar-refractivity contribution in [2.24, 2.45) is 0 Å². The summed E-state index contributed by atoms with van der Waals surface area (Å²) in [4.78, 5) is 14.1. The largest absolute Gasteiger partial charge is 0.250 e. The Morgan fingerprint density at radius 1 is 0.520 bits per heavy atom. The van der Waals surface area contributed by atoms with E-state index in [0.717, 1.165) is 33.9 Å². The fourth-order valence-corrected chi connectivity index (χ4v) is 2.74. The van der Waals surface area contributed by atoms with Crippen LogP contribution < -0.4 is 0 Å². The summed E-state index contributed by atoms with van der Waals surface area (Å²) in [7, 11) is 0. The highest BCUT2D eigenvalue weighted by molar-refractivity contribution is 5.70. The van der Waals surface area contributed by atoms with Crippen molar-refractivity contribution in [1.82, 2.24) is 15.0 Å². The number of aryl methyl sites for hydroxylation is 1. The number of hydrogen-bond acceptors (Lipinski definition) is 3. The molecule has 0 aliphatic heterocycles. The average Bonchev–Trinajstić information content (AvgIpc) is 2.69. The molecule has 2 aromatic heterocycles. The van der Waals surface area contributed by atoms with Gasteiger partial charge in [0.15, 0.2) is 5.82 Å². The molecule has 0 aliphatic carbocycles. The first-order valence-corrected chi connectivity index (χ1v) is 8.23. The molecule has 2 heterocycles. The van der Waals surface area contributed by atoms with Gasteiger partial charge in [-0.25, -0.2) is 15.0 Å². The van der Waals surface area contributed by atoms with Crippen LogP contribution in [0.3, 0.4) is 0 Å². The molecule has 0 radical (unpaired) electrons. The molecule has 0 spiro atoms. The van der Waals surface area contributed by atoms with Crippen molar-refractivity contribution in [1.29, 1.82) is 0 Å². The van der Waals surface area contributed by atoms with E-state index in [1.807, 2.05) is 67.6 Å². The van der Waals surface area contributed by atoms with E-state index in [1.165, 1.54) is 0 Å². The van der Waals surface area contributed by atoms with Gasteiger partial charge in [-0.3, -0.25) is 0 Å². The van der Waals surface area contributed by atoms with E-state index in [1.54, 1.807) is 0 Å². The van der Waals surface area contributed by atoms with E-state index < -0.39 is 0 Å². The van der Waals surface area contributed by atoms with Gasteiger partial charge >= 0.3 is 0 Å². The molecule has 3 heteroatoms. The Morgan fingerprint density at radius 3 is 1.60 bits per heavy atom. The van der Waals surface area contributed by atoms with Crippen molar-refractivity contribution in [3.8, 4) is 34.0 Å². The van der Waals surface area contributed by atoms with Crippen LogP contribution in [0.25, 0.3) is 34.0 Å². The lowest BCUT2D eigenvalue weighted by atomic mass is 10.1. The maximum atomic E-state index is 4.77. The minimum absolute atomic E-state index is 0.643. The molecule has 2 aromatic carbocycles. The number of aromatic nitrogens is 3. The Bertz CT molecular complexity index is 938. The van der Waals surface area contributed by atoms with E-state index in [2.05, 4.69) is 29.2 Å². The van der Waals surface area contributed by atoms with Gasteiger partial charge in [-0.05, 0) is 25.1 Å². The van der Waals surface area contributed by atoms with E-state index in [-0.39, 0.29) is 0 Å². The minimum atomic E-state index is 0.643. The van der Waals surface area contributed by atoms with Gasteiger partial charge in [0.1, 0.15) is 5.69 Å². The lowest BCUT2D eigenvalue weighted by Crippen LogP contribution is -1.97. The van der Waals surface area contributed by atoms with Crippen LogP contribution >= 0.6 is 0 Å². The number of rotatable bonds is 3. The highest BCUT2D eigenvalue weighted by Crippen LogP contribution is 2.26. The van der Waals surface area contributed by atoms with Crippen molar-refractivity contribution in [3.05, 3.63) is 90.6 Å². The predicted molar refractivity (Wildman–Crippen MR) is 101 cm³/mol. The fraction of sp³-hybridized carbons (Fsp3) is 0.0455. The molecule has 0 bridgehead atoms. The lowest BCUT2D eigenvalue weighted by molar-refractivity contribution is 1.12. The third-order valence-corrected chi connectivity index (χ3v) is 3.98. The SMILES string of the molecule is Cc1cccc(-c2nc(-c3ccccc3)cc(-c3ccccc3)n2)n1. The minimum Gasteiger partial charge on any atom is -0.250 e. The number of hydrogen-bond donors (Lipinski definition) is 0. The van der Waals surface area contributed by atoms with E-state index in [9.17, 15) is 0 Å². The zero-order chi connectivity index (χ0) is 17.1. The second-order valence-corrected chi connectivity index (χ2v) is 5.86. The number of pyridine rings is 1. The van der Waals surface area contributed by atoms with Gasteiger partial charge in [-0.1, -0.05) is 66.7 Å². The van der Waals surface area contributed by atoms with Crippen molar-refractivity contribution >= 4 is 0 Å². The number of nitrogens with zero attached hydrogens (tertiary/aromatic N) is 3. The Kier molecular flexibility index (Phi) is 4.05. The topological polar surface area (TPSA) is 38.7 Å². The Labute approximate surface area is 147 Å². The maximum absolute atomic E-state index is 4.77. The van der Waals surface area contributed by atoms with Crippen molar-refractivity contribution in [2.75, 3.05) is 0 Å². The summed E-state index contributed by atoms with van der Waals surface area (Å²) >= 11 is 0. The Morgan fingerprint density at radius 2 is 1.08 bits per heavy atom. The maximum Gasteiger partial charge on any atom is 0.179 e. The lowest BCUT2D eigenvalue weighted by Gasteiger charge is -2.09. The van der Waals surface area contributed by atoms with Gasteiger partial charge in [0.25, 0.3) is 0 Å². The van der Waals surface area contributed by atoms with Crippen molar-refractivity contribution < 1.29 is 0 Å². The molecule has 120 valence electrons. The molecule has 0 N–H and O–H groups in total. The molecule has 4 aromatic rings. The zero-order valence-electron chi connectivity index (χ0n) is 13.9. The first kappa shape index (κ1) is 15.2. The van der Waals surface area contributed by atoms with Gasteiger partial charge in [0.05, 0.1) is 11.4 Å². The summed E-state index contributed by atoms with van der Waals surface area (Å²) in [5, 5.41) is 0. The Balaban J connectivity index is 1.92. The quantitative estimate of drug-likeness (QED) is 0.521. The van der Waals surface area contributed by atoms with Crippen LogP contribution in [0.5, 0.6) is 0 Å². The molecule has 0 fully saturated rings. The van der Waals surface area contributed by atoms with Crippen LogP contribution in [0.1, 0.15) is 5.69 Å². The molecule has 0 saturated carbocycles. The van der Waals surface area contributed by atoms with Gasteiger partial charge in [0.2, 0.25) is 0 Å². The standard InChI is InChI=1S/C22H17N3/c1-16-9-8-14-19(23-16)22-24-20(17-10-4-2-5-11-17)15-21(25-22)18-12-6-3-7-13-18/h2-15H,1H3. The third-order valence-electron chi connectivity index (χ3n) is 3.98. The van der Waals surface area contributed by atoms with Gasteiger partial charge in [0, 0.05) is 16.8 Å². The van der Waals surface area contributed by atoms with E-state index in [0.29, 0.717) is 5.82 Å². The molecule has 0 aliphatic rings. The summed E-state index contributed by atoms with van der Waals surface area (Å²) < 4.78 is 0. The van der Waals surface area contributed by atoms with Crippen LogP contribution in [0, 0.1) is 6.92 Å². The van der Waals surface area contributed by atoms with Crippen LogP contribution in [0.15, 0.2) is 84.9 Å². The third kappa shape index (κ3) is 3.31. The molecule has 0 unspecified atom stereocenters. The van der Waals surface area contributed by atoms with Crippen LogP contribution in [-0.4, -0.2) is 15.0 Å². The van der Waals surface area contributed by atoms with Crippen molar-refractivity contribution in [2.45, 2.75) is 6.92 Å². The molecular weight excluding hydrogens is 306 g/mol. The second kappa shape index (κ2) is 6.65. The Hall–Kier alpha value is -3.33. The first-order valence-electron chi connectivity index (χ1n) is 8.23. The van der Waals surface area contributed by atoms with Gasteiger partial charge in [-0.15, -0.1) is 0 Å². The van der Waals surface area contributed by atoms with Crippen molar-refractivity contribution in [3.63, 3.8) is 0 Å². The summed E-state index contributed by atoms with van der Waals surface area (Å²) in [6.07, 6.45) is 0. The zero-order valence-corrected chi connectivity index (χ0v) is 13.9. The molecule has 0 atom stereocenters. The normalized spacial score (nSPS) is 10.6. The second-order valence-electron chi connectivity index (χ2n) is 5.86. The molecule has 0 amide bonds. The molecule has 25 heavy (non-hydrogen) atoms. The molecular formula is C22H17N3. The first-order chi connectivity index (χ1) is 12.3. The highest BCUT2D eigenvalue weighted by Gasteiger charge is 2.11. The van der Waals surface area contributed by atoms with E-state index in [4.69, 9.17) is 9.97 Å². The summed E-state index contributed by atoms with van der Waals surface area (Å²) in [5.41, 5.74) is 5.66. The van der Waals surface area contributed by atoms with Crippen LogP contribution in [0.2, 0.25) is 0 Å². The summed E-state index contributed by atoms with van der Waals surface area (Å²) in [6, 6.07) is 28.3. The smallest absolute Gasteiger partial charge is 0.179 e. The van der Waals surface area contributed by atoms with Crippen LogP contribution in [0.4, 0.5) is 0 Å². The molecule has 3 nitrogen and oxygen atoms in total. The fourth-order valence-electron chi connectivity index (χ4n) is 2.74. The average molecular weight is 323 g/mol. The molecule has 0 saturated heterocycles. The monoisotopic (exact) mass is 323 g/mol.